The maximum atomic E-state index is 12.2. The highest BCUT2D eigenvalue weighted by Crippen LogP contribution is 2.25. The quantitative estimate of drug-likeness (QED) is 0.708. The first-order chi connectivity index (χ1) is 9.40. The molecule has 1 aromatic heterocycles. The molecule has 0 amide bonds. The Morgan fingerprint density at radius 2 is 2.20 bits per heavy atom. The van der Waals surface area contributed by atoms with Gasteiger partial charge in [-0.1, -0.05) is 11.6 Å². The Hall–Kier alpha value is -1.64. The molecule has 2 rings (SSSR count). The molecular weight excluding hydrogens is 302 g/mol. The van der Waals surface area contributed by atoms with E-state index in [0.717, 1.165) is 0 Å². The Balaban J connectivity index is 2.12. The van der Waals surface area contributed by atoms with Gasteiger partial charge in [0.25, 0.3) is 0 Å². The number of aryl methyl sites for hydroxylation is 1. The van der Waals surface area contributed by atoms with Crippen LogP contribution in [0.4, 0.5) is 5.69 Å². The number of H-pyrrole nitrogens is 1. The number of sulfonamides is 1. The lowest BCUT2D eigenvalue weighted by Crippen LogP contribution is -2.27. The number of halogens is 1. The number of nitrogen functional groups attached to an aromatic ring is 1. The summed E-state index contributed by atoms with van der Waals surface area (Å²) >= 11 is 5.85. The summed E-state index contributed by atoms with van der Waals surface area (Å²) in [6, 6.07) is 2.89. The smallest absolute Gasteiger partial charge is 0.240 e. The van der Waals surface area contributed by atoms with Gasteiger partial charge in [-0.3, -0.25) is 5.10 Å². The van der Waals surface area contributed by atoms with E-state index in [-0.39, 0.29) is 17.1 Å². The van der Waals surface area contributed by atoms with Crippen LogP contribution in [0.15, 0.2) is 23.4 Å². The van der Waals surface area contributed by atoms with Crippen molar-refractivity contribution < 1.29 is 8.42 Å². The fraction of sp³-hybridized carbons (Fsp3) is 0.273. The molecule has 0 aliphatic carbocycles. The SMILES string of the molecule is Cc1cc(Cl)c(N)cc1S(=O)(=O)NCCc1ncn[nH]1. The van der Waals surface area contributed by atoms with Gasteiger partial charge in [0.05, 0.1) is 15.6 Å². The third-order valence-electron chi connectivity index (χ3n) is 2.70. The van der Waals surface area contributed by atoms with Gasteiger partial charge >= 0.3 is 0 Å². The summed E-state index contributed by atoms with van der Waals surface area (Å²) in [6.07, 6.45) is 1.79. The lowest BCUT2D eigenvalue weighted by molar-refractivity contribution is 0.580. The number of aromatic amines is 1. The molecule has 4 N–H and O–H groups in total. The van der Waals surface area contributed by atoms with Crippen molar-refractivity contribution in [2.45, 2.75) is 18.2 Å². The number of anilines is 1. The Morgan fingerprint density at radius 3 is 2.85 bits per heavy atom. The highest BCUT2D eigenvalue weighted by molar-refractivity contribution is 7.89. The second kappa shape index (κ2) is 5.78. The van der Waals surface area contributed by atoms with Crippen LogP contribution in [-0.4, -0.2) is 30.1 Å². The Labute approximate surface area is 121 Å². The van der Waals surface area contributed by atoms with Crippen LogP contribution in [-0.2, 0) is 16.4 Å². The van der Waals surface area contributed by atoms with Crippen LogP contribution in [0.3, 0.4) is 0 Å². The van der Waals surface area contributed by atoms with Crippen LogP contribution >= 0.6 is 11.6 Å². The summed E-state index contributed by atoms with van der Waals surface area (Å²) in [7, 11) is -3.63. The van der Waals surface area contributed by atoms with Crippen molar-refractivity contribution in [3.8, 4) is 0 Å². The van der Waals surface area contributed by atoms with Gasteiger partial charge in [0, 0.05) is 13.0 Å². The summed E-state index contributed by atoms with van der Waals surface area (Å²) < 4.78 is 26.9. The van der Waals surface area contributed by atoms with E-state index in [1.165, 1.54) is 18.5 Å². The van der Waals surface area contributed by atoms with Gasteiger partial charge in [0.1, 0.15) is 12.2 Å². The predicted molar refractivity (Wildman–Crippen MR) is 75.9 cm³/mol. The van der Waals surface area contributed by atoms with Crippen molar-refractivity contribution in [3.63, 3.8) is 0 Å². The zero-order valence-corrected chi connectivity index (χ0v) is 12.3. The van der Waals surface area contributed by atoms with Gasteiger partial charge in [0.2, 0.25) is 10.0 Å². The van der Waals surface area contributed by atoms with Crippen molar-refractivity contribution in [1.82, 2.24) is 19.9 Å². The molecule has 108 valence electrons. The molecule has 0 atom stereocenters. The standard InChI is InChI=1S/C11H14ClN5O2S/c1-7-4-8(12)9(13)5-10(7)20(18,19)16-3-2-11-14-6-15-17-11/h4-6,16H,2-3,13H2,1H3,(H,14,15,17). The Bertz CT molecular complexity index is 700. The number of benzene rings is 1. The minimum absolute atomic E-state index is 0.122. The van der Waals surface area contributed by atoms with Gasteiger partial charge in [-0.15, -0.1) is 0 Å². The number of rotatable bonds is 5. The lowest BCUT2D eigenvalue weighted by atomic mass is 10.2. The molecule has 1 aromatic carbocycles. The maximum Gasteiger partial charge on any atom is 0.240 e. The van der Waals surface area contributed by atoms with E-state index in [9.17, 15) is 8.42 Å². The number of hydrogen-bond donors (Lipinski definition) is 3. The van der Waals surface area contributed by atoms with Crippen molar-refractivity contribution in [2.75, 3.05) is 12.3 Å². The van der Waals surface area contributed by atoms with Crippen LogP contribution in [0, 0.1) is 6.92 Å². The molecule has 0 aliphatic heterocycles. The number of hydrogen-bond acceptors (Lipinski definition) is 5. The summed E-state index contributed by atoms with van der Waals surface area (Å²) in [6.45, 7) is 1.87. The maximum absolute atomic E-state index is 12.2. The number of nitrogens with two attached hydrogens (primary N) is 1. The van der Waals surface area contributed by atoms with Gasteiger partial charge in [-0.2, -0.15) is 5.10 Å². The van der Waals surface area contributed by atoms with E-state index in [0.29, 0.717) is 22.8 Å². The van der Waals surface area contributed by atoms with Crippen LogP contribution in [0.1, 0.15) is 11.4 Å². The topological polar surface area (TPSA) is 114 Å². The molecule has 0 saturated heterocycles. The summed E-state index contributed by atoms with van der Waals surface area (Å²) in [4.78, 5) is 4.04. The largest absolute Gasteiger partial charge is 0.397 e. The van der Waals surface area contributed by atoms with E-state index >= 15 is 0 Å². The van der Waals surface area contributed by atoms with Gasteiger partial charge in [-0.05, 0) is 24.6 Å². The first kappa shape index (κ1) is 14.8. The fourth-order valence-corrected chi connectivity index (χ4v) is 3.20. The summed E-state index contributed by atoms with van der Waals surface area (Å²) in [5.41, 5.74) is 6.41. The summed E-state index contributed by atoms with van der Waals surface area (Å²) in [5.74, 6) is 0.611. The van der Waals surface area contributed by atoms with E-state index in [1.54, 1.807) is 6.92 Å². The molecule has 9 heteroatoms. The molecule has 0 fully saturated rings. The molecule has 20 heavy (non-hydrogen) atoms. The lowest BCUT2D eigenvalue weighted by Gasteiger charge is -2.10. The average molecular weight is 316 g/mol. The van der Waals surface area contributed by atoms with E-state index in [1.807, 2.05) is 0 Å². The molecule has 7 nitrogen and oxygen atoms in total. The van der Waals surface area contributed by atoms with Crippen LogP contribution < -0.4 is 10.5 Å². The molecule has 2 aromatic rings. The second-order valence-corrected chi connectivity index (χ2v) is 6.36. The first-order valence-corrected chi connectivity index (χ1v) is 7.66. The molecule has 0 bridgehead atoms. The molecule has 1 heterocycles. The van der Waals surface area contributed by atoms with Gasteiger partial charge in [-0.25, -0.2) is 18.1 Å². The second-order valence-electron chi connectivity index (χ2n) is 4.22. The molecular formula is C11H14ClN5O2S. The normalized spacial score (nSPS) is 11.7. The highest BCUT2D eigenvalue weighted by Gasteiger charge is 2.18. The minimum atomic E-state index is -3.63. The first-order valence-electron chi connectivity index (χ1n) is 5.79. The molecule has 0 aliphatic rings. The average Bonchev–Trinajstić information content (AvgIpc) is 2.86. The molecule has 0 unspecified atom stereocenters. The van der Waals surface area contributed by atoms with Crippen molar-refractivity contribution in [1.29, 1.82) is 0 Å². The van der Waals surface area contributed by atoms with Crippen molar-refractivity contribution in [2.24, 2.45) is 0 Å². The van der Waals surface area contributed by atoms with Crippen LogP contribution in [0.25, 0.3) is 0 Å². The van der Waals surface area contributed by atoms with Crippen molar-refractivity contribution in [3.05, 3.63) is 34.9 Å². The van der Waals surface area contributed by atoms with E-state index in [2.05, 4.69) is 19.9 Å². The third kappa shape index (κ3) is 3.27. The third-order valence-corrected chi connectivity index (χ3v) is 4.63. The number of nitrogens with one attached hydrogen (secondary N) is 2. The van der Waals surface area contributed by atoms with Gasteiger partial charge < -0.3 is 5.73 Å². The van der Waals surface area contributed by atoms with E-state index in [4.69, 9.17) is 17.3 Å². The number of nitrogens with zero attached hydrogens (tertiary/aromatic N) is 2. The van der Waals surface area contributed by atoms with Crippen molar-refractivity contribution >= 4 is 27.3 Å². The van der Waals surface area contributed by atoms with E-state index < -0.39 is 10.0 Å². The van der Waals surface area contributed by atoms with Gasteiger partial charge in [0.15, 0.2) is 0 Å². The highest BCUT2D eigenvalue weighted by atomic mass is 35.5. The Kier molecular flexibility index (Phi) is 4.26. The molecule has 0 radical (unpaired) electrons. The van der Waals surface area contributed by atoms with Crippen LogP contribution in [0.5, 0.6) is 0 Å². The minimum Gasteiger partial charge on any atom is -0.397 e. The summed E-state index contributed by atoms with van der Waals surface area (Å²) in [5, 5.41) is 6.68. The fourth-order valence-electron chi connectivity index (χ4n) is 1.69. The molecule has 0 spiro atoms. The Morgan fingerprint density at radius 1 is 1.45 bits per heavy atom. The zero-order chi connectivity index (χ0) is 14.8. The number of aromatic nitrogens is 3. The van der Waals surface area contributed by atoms with Crippen LogP contribution in [0.2, 0.25) is 5.02 Å². The monoisotopic (exact) mass is 315 g/mol. The predicted octanol–water partition coefficient (Wildman–Crippen LogP) is 0.870. The molecule has 0 saturated carbocycles. The zero-order valence-electron chi connectivity index (χ0n) is 10.7.